The van der Waals surface area contributed by atoms with Crippen LogP contribution in [-0.2, 0) is 20.7 Å². The van der Waals surface area contributed by atoms with E-state index in [-0.39, 0.29) is 37.3 Å². The lowest BCUT2D eigenvalue weighted by molar-refractivity contribution is -0.117. The van der Waals surface area contributed by atoms with Crippen LogP contribution in [0.15, 0.2) is 42.5 Å². The highest BCUT2D eigenvalue weighted by Crippen LogP contribution is 2.65. The van der Waals surface area contributed by atoms with Crippen molar-refractivity contribution in [3.05, 3.63) is 92.2 Å². The molecule has 8 nitrogen and oxygen atoms in total. The van der Waals surface area contributed by atoms with Crippen molar-refractivity contribution in [3.63, 3.8) is 0 Å². The predicted octanol–water partition coefficient (Wildman–Crippen LogP) is 10.3. The Morgan fingerprint density at radius 1 is 0.840 bits per heavy atom. The number of rotatable bonds is 7. The molecule has 3 aromatic carbocycles. The summed E-state index contributed by atoms with van der Waals surface area (Å²) in [5.74, 6) is -6.36. The summed E-state index contributed by atoms with van der Waals surface area (Å²) in [6.45, 7) is 10.5. The first-order valence-corrected chi connectivity index (χ1v) is 16.6. The van der Waals surface area contributed by atoms with E-state index in [1.807, 2.05) is 0 Å². The quantitative estimate of drug-likeness (QED) is 0.189. The Balaban J connectivity index is 1.63. The molecule has 2 unspecified atom stereocenters. The summed E-state index contributed by atoms with van der Waals surface area (Å²) >= 11 is 25.1. The zero-order valence-electron chi connectivity index (χ0n) is 27.9. The normalized spacial score (nSPS) is 16.8. The molecule has 0 heterocycles. The molecule has 2 atom stereocenters. The van der Waals surface area contributed by atoms with Crippen LogP contribution in [0, 0.1) is 30.3 Å². The maximum absolute atomic E-state index is 16.1. The van der Waals surface area contributed by atoms with Gasteiger partial charge in [0.2, 0.25) is 5.91 Å². The van der Waals surface area contributed by atoms with Crippen molar-refractivity contribution in [1.82, 2.24) is 0 Å². The van der Waals surface area contributed by atoms with Crippen LogP contribution in [0.4, 0.5) is 34.1 Å². The maximum Gasteiger partial charge on any atom is 0.424 e. The molecule has 1 saturated carbocycles. The van der Waals surface area contributed by atoms with Gasteiger partial charge in [-0.3, -0.25) is 9.59 Å². The third-order valence-corrected chi connectivity index (χ3v) is 9.05. The molecule has 0 bridgehead atoms. The highest BCUT2D eigenvalue weighted by atomic mass is 35.5. The van der Waals surface area contributed by atoms with Crippen molar-refractivity contribution in [2.24, 2.45) is 5.92 Å². The Hall–Kier alpha value is -3.51. The Morgan fingerprint density at radius 2 is 1.40 bits per heavy atom. The number of hydrogen-bond acceptors (Lipinski definition) is 6. The van der Waals surface area contributed by atoms with Crippen LogP contribution >= 0.6 is 46.4 Å². The standard InChI is InChI=1S/C35H33Cl4F3N2O6/c1-16-20(14-19(15-21(16)36)43-30(46)27-26(35(27,38)39)17-8-10-23(40)22(37)12-17)25(45)13-18-9-11-24(41)29(28(18)42)44(31(47)49-33(2,3)4)32(48)50-34(5,6)7/h8-12,14-15,26-27H,13H2,1-7H3,(H,43,46). The van der Waals surface area contributed by atoms with Gasteiger partial charge in [0.1, 0.15) is 27.0 Å². The summed E-state index contributed by atoms with van der Waals surface area (Å²) in [6.07, 6.45) is -3.48. The average molecular weight is 776 g/mol. The van der Waals surface area contributed by atoms with E-state index in [9.17, 15) is 23.6 Å². The lowest BCUT2D eigenvalue weighted by Gasteiger charge is -2.29. The van der Waals surface area contributed by atoms with E-state index < -0.39 is 80.8 Å². The minimum absolute atomic E-state index is 0.0186. The third-order valence-electron chi connectivity index (χ3n) is 7.42. The molecule has 268 valence electrons. The molecule has 3 amide bonds. The fourth-order valence-corrected chi connectivity index (χ4v) is 6.34. The van der Waals surface area contributed by atoms with E-state index in [4.69, 9.17) is 55.9 Å². The van der Waals surface area contributed by atoms with E-state index in [0.717, 1.165) is 18.2 Å². The van der Waals surface area contributed by atoms with Crippen molar-refractivity contribution in [3.8, 4) is 0 Å². The van der Waals surface area contributed by atoms with Crippen LogP contribution in [0.3, 0.4) is 0 Å². The van der Waals surface area contributed by atoms with Gasteiger partial charge in [0.05, 0.1) is 10.9 Å². The smallest absolute Gasteiger partial charge is 0.424 e. The van der Waals surface area contributed by atoms with Crippen LogP contribution in [0.2, 0.25) is 10.0 Å². The molecule has 0 saturated heterocycles. The van der Waals surface area contributed by atoms with E-state index in [1.54, 1.807) is 0 Å². The van der Waals surface area contributed by atoms with Gasteiger partial charge in [-0.1, -0.05) is 35.3 Å². The molecule has 4 rings (SSSR count). The number of carbonyl (C=O) groups excluding carboxylic acids is 4. The number of carbonyl (C=O) groups is 4. The van der Waals surface area contributed by atoms with Crippen LogP contribution in [-0.4, -0.2) is 39.4 Å². The first-order valence-electron chi connectivity index (χ1n) is 15.1. The lowest BCUT2D eigenvalue weighted by Crippen LogP contribution is -2.44. The zero-order valence-corrected chi connectivity index (χ0v) is 31.0. The molecular formula is C35H33Cl4F3N2O6. The van der Waals surface area contributed by atoms with Crippen LogP contribution in [0.25, 0.3) is 0 Å². The Kier molecular flexibility index (Phi) is 11.2. The van der Waals surface area contributed by atoms with Crippen molar-refractivity contribution < 1.29 is 41.8 Å². The molecule has 0 spiro atoms. The van der Waals surface area contributed by atoms with Gasteiger partial charge in [0, 0.05) is 28.6 Å². The van der Waals surface area contributed by atoms with Crippen LogP contribution in [0.5, 0.6) is 0 Å². The fourth-order valence-electron chi connectivity index (χ4n) is 5.10. The summed E-state index contributed by atoms with van der Waals surface area (Å²) in [7, 11) is 0. The number of halogens is 7. The van der Waals surface area contributed by atoms with Crippen LogP contribution in [0.1, 0.15) is 74.5 Å². The number of anilines is 2. The lowest BCUT2D eigenvalue weighted by atomic mass is 9.97. The summed E-state index contributed by atoms with van der Waals surface area (Å²) in [5.41, 5.74) is -2.98. The highest BCUT2D eigenvalue weighted by molar-refractivity contribution is 6.53. The van der Waals surface area contributed by atoms with Gasteiger partial charge in [0.15, 0.2) is 17.4 Å². The largest absolute Gasteiger partial charge is 0.443 e. The molecule has 1 N–H and O–H groups in total. The second-order valence-electron chi connectivity index (χ2n) is 13.7. The fraction of sp³-hybridized carbons (Fsp3) is 0.371. The van der Waals surface area contributed by atoms with Gasteiger partial charge < -0.3 is 14.8 Å². The molecule has 0 radical (unpaired) electrons. The molecule has 1 aliphatic rings. The van der Waals surface area contributed by atoms with E-state index in [2.05, 4.69) is 5.32 Å². The predicted molar refractivity (Wildman–Crippen MR) is 186 cm³/mol. The molecule has 1 fully saturated rings. The molecule has 1 aliphatic carbocycles. The van der Waals surface area contributed by atoms with Gasteiger partial charge in [-0.25, -0.2) is 22.8 Å². The molecule has 3 aromatic rings. The highest BCUT2D eigenvalue weighted by Gasteiger charge is 2.67. The van der Waals surface area contributed by atoms with E-state index in [1.165, 1.54) is 72.7 Å². The number of nitrogens with zero attached hydrogens (tertiary/aromatic N) is 1. The van der Waals surface area contributed by atoms with Gasteiger partial charge >= 0.3 is 12.2 Å². The second kappa shape index (κ2) is 14.3. The number of ether oxygens (including phenoxy) is 2. The number of nitrogens with one attached hydrogen (secondary N) is 1. The Labute approximate surface area is 307 Å². The first kappa shape index (κ1) is 39.3. The average Bonchev–Trinajstić information content (AvgIpc) is 3.55. The Bertz CT molecular complexity index is 1860. The molecule has 0 aromatic heterocycles. The molecular weight excluding hydrogens is 743 g/mol. The minimum Gasteiger partial charge on any atom is -0.443 e. The van der Waals surface area contributed by atoms with Crippen molar-refractivity contribution in [2.75, 3.05) is 10.2 Å². The monoisotopic (exact) mass is 774 g/mol. The van der Waals surface area contributed by atoms with Crippen molar-refractivity contribution in [1.29, 1.82) is 0 Å². The number of alkyl halides is 2. The molecule has 50 heavy (non-hydrogen) atoms. The number of imide groups is 1. The van der Waals surface area contributed by atoms with Gasteiger partial charge in [-0.05, 0) is 95.5 Å². The second-order valence-corrected chi connectivity index (χ2v) is 15.9. The Morgan fingerprint density at radius 3 is 1.94 bits per heavy atom. The van der Waals surface area contributed by atoms with E-state index >= 15 is 8.78 Å². The SMILES string of the molecule is Cc1c(Cl)cc(NC(=O)C2C(c3ccc(F)c(Cl)c3)C2(Cl)Cl)cc1C(=O)Cc1ccc(F)c(N(C(=O)OC(C)(C)C)C(=O)OC(C)(C)C)c1F. The molecule has 0 aliphatic heterocycles. The summed E-state index contributed by atoms with van der Waals surface area (Å²) in [5, 5.41) is 2.54. The number of benzene rings is 3. The number of Topliss-reactive ketones (excluding diaryl/α,β-unsaturated/α-hetero) is 1. The minimum atomic E-state index is -1.54. The van der Waals surface area contributed by atoms with Gasteiger partial charge in [0.25, 0.3) is 0 Å². The zero-order chi connectivity index (χ0) is 37.7. The van der Waals surface area contributed by atoms with Crippen molar-refractivity contribution in [2.45, 2.75) is 76.3 Å². The van der Waals surface area contributed by atoms with Gasteiger partial charge in [-0.15, -0.1) is 23.2 Å². The van der Waals surface area contributed by atoms with Gasteiger partial charge in [-0.2, -0.15) is 4.90 Å². The summed E-state index contributed by atoms with van der Waals surface area (Å²) in [4.78, 5) is 53.2. The number of hydrogen-bond donors (Lipinski definition) is 1. The molecule has 15 heteroatoms. The first-order chi connectivity index (χ1) is 22.9. The van der Waals surface area contributed by atoms with E-state index in [0.29, 0.717) is 5.56 Å². The third kappa shape index (κ3) is 8.67. The number of amides is 3. The van der Waals surface area contributed by atoms with Crippen molar-refractivity contribution >= 4 is 81.7 Å². The maximum atomic E-state index is 16.1. The van der Waals surface area contributed by atoms with Crippen LogP contribution < -0.4 is 10.2 Å². The summed E-state index contributed by atoms with van der Waals surface area (Å²) in [6, 6.07) is 8.36. The number of ketones is 1. The topological polar surface area (TPSA) is 102 Å². The summed E-state index contributed by atoms with van der Waals surface area (Å²) < 4.78 is 54.0.